The standard InChI is InChI=1S/C21H28N4O4/c1-14-7-8-22-21(24-14)25-9-5-6-16(13-25)20(26)23-12-15-10-17(27-2)19(29-4)18(11-15)28-3/h7-8,10-11,16H,5-6,9,12-13H2,1-4H3,(H,23,26)/t16-/m1/s1. The molecule has 1 atom stereocenters. The highest BCUT2D eigenvalue weighted by atomic mass is 16.5. The van der Waals surface area contributed by atoms with Gasteiger partial charge in [0.05, 0.1) is 27.2 Å². The van der Waals surface area contributed by atoms with E-state index in [2.05, 4.69) is 20.2 Å². The summed E-state index contributed by atoms with van der Waals surface area (Å²) in [6, 6.07) is 5.56. The summed E-state index contributed by atoms with van der Waals surface area (Å²) in [7, 11) is 4.71. The number of carbonyl (C=O) groups excluding carboxylic acids is 1. The van der Waals surface area contributed by atoms with Crippen molar-refractivity contribution in [3.05, 3.63) is 35.7 Å². The second-order valence-electron chi connectivity index (χ2n) is 7.03. The van der Waals surface area contributed by atoms with Crippen molar-refractivity contribution in [3.63, 3.8) is 0 Å². The minimum Gasteiger partial charge on any atom is -0.493 e. The Hall–Kier alpha value is -3.03. The van der Waals surface area contributed by atoms with Crippen molar-refractivity contribution in [2.24, 2.45) is 5.92 Å². The van der Waals surface area contributed by atoms with E-state index in [0.717, 1.165) is 30.6 Å². The van der Waals surface area contributed by atoms with Gasteiger partial charge in [0.25, 0.3) is 0 Å². The van der Waals surface area contributed by atoms with Crippen molar-refractivity contribution < 1.29 is 19.0 Å². The van der Waals surface area contributed by atoms with Gasteiger partial charge in [0.15, 0.2) is 11.5 Å². The van der Waals surface area contributed by atoms with Crippen molar-refractivity contribution in [3.8, 4) is 17.2 Å². The minimum absolute atomic E-state index is 0.0242. The number of piperidine rings is 1. The Morgan fingerprint density at radius 2 is 1.93 bits per heavy atom. The van der Waals surface area contributed by atoms with Crippen molar-refractivity contribution in [2.45, 2.75) is 26.3 Å². The highest BCUT2D eigenvalue weighted by Crippen LogP contribution is 2.38. The Labute approximate surface area is 171 Å². The predicted molar refractivity (Wildman–Crippen MR) is 110 cm³/mol. The number of hydrogen-bond donors (Lipinski definition) is 1. The lowest BCUT2D eigenvalue weighted by Crippen LogP contribution is -2.43. The first-order valence-electron chi connectivity index (χ1n) is 9.67. The molecule has 1 fully saturated rings. The van der Waals surface area contributed by atoms with Gasteiger partial charge in [0.2, 0.25) is 17.6 Å². The fraction of sp³-hybridized carbons (Fsp3) is 0.476. The Kier molecular flexibility index (Phi) is 6.74. The number of benzene rings is 1. The van der Waals surface area contributed by atoms with Crippen LogP contribution in [0.4, 0.5) is 5.95 Å². The smallest absolute Gasteiger partial charge is 0.225 e. The number of aromatic nitrogens is 2. The SMILES string of the molecule is COc1cc(CNC(=O)[C@@H]2CCCN(c3nccc(C)n3)C2)cc(OC)c1OC. The van der Waals surface area contributed by atoms with Gasteiger partial charge in [-0.3, -0.25) is 4.79 Å². The lowest BCUT2D eigenvalue weighted by atomic mass is 9.97. The zero-order chi connectivity index (χ0) is 20.8. The topological polar surface area (TPSA) is 85.8 Å². The number of rotatable bonds is 7. The largest absolute Gasteiger partial charge is 0.493 e. The van der Waals surface area contributed by atoms with E-state index in [1.807, 2.05) is 25.1 Å². The molecule has 0 unspecified atom stereocenters. The summed E-state index contributed by atoms with van der Waals surface area (Å²) in [5.74, 6) is 2.28. The lowest BCUT2D eigenvalue weighted by Gasteiger charge is -2.32. The molecule has 8 heteroatoms. The van der Waals surface area contributed by atoms with Gasteiger partial charge in [-0.05, 0) is 43.5 Å². The van der Waals surface area contributed by atoms with Crippen LogP contribution in [0.2, 0.25) is 0 Å². The second kappa shape index (κ2) is 9.45. The monoisotopic (exact) mass is 400 g/mol. The maximum absolute atomic E-state index is 12.8. The van der Waals surface area contributed by atoms with Crippen LogP contribution in [-0.2, 0) is 11.3 Å². The summed E-state index contributed by atoms with van der Waals surface area (Å²) < 4.78 is 16.1. The maximum atomic E-state index is 12.8. The Bertz CT molecular complexity index is 833. The number of methoxy groups -OCH3 is 3. The van der Waals surface area contributed by atoms with Crippen molar-refractivity contribution in [2.75, 3.05) is 39.3 Å². The minimum atomic E-state index is -0.102. The van der Waals surface area contributed by atoms with Crippen molar-refractivity contribution >= 4 is 11.9 Å². The van der Waals surface area contributed by atoms with Crippen molar-refractivity contribution in [1.29, 1.82) is 0 Å². The van der Waals surface area contributed by atoms with Gasteiger partial charge in [-0.2, -0.15) is 0 Å². The van der Waals surface area contributed by atoms with Gasteiger partial charge < -0.3 is 24.4 Å². The Balaban J connectivity index is 1.64. The van der Waals surface area contributed by atoms with Crippen LogP contribution in [0.5, 0.6) is 17.2 Å². The van der Waals surface area contributed by atoms with E-state index >= 15 is 0 Å². The molecular weight excluding hydrogens is 372 g/mol. The zero-order valence-corrected chi connectivity index (χ0v) is 17.4. The molecule has 29 heavy (non-hydrogen) atoms. The van der Waals surface area contributed by atoms with Crippen LogP contribution in [0.25, 0.3) is 0 Å². The summed E-state index contributed by atoms with van der Waals surface area (Å²) in [4.78, 5) is 23.7. The number of aryl methyl sites for hydroxylation is 1. The summed E-state index contributed by atoms with van der Waals surface area (Å²) in [5, 5.41) is 3.03. The quantitative estimate of drug-likeness (QED) is 0.763. The van der Waals surface area contributed by atoms with Crippen LogP contribution in [0.3, 0.4) is 0 Å². The van der Waals surface area contributed by atoms with Crippen LogP contribution in [0.1, 0.15) is 24.1 Å². The first-order chi connectivity index (χ1) is 14.0. The van der Waals surface area contributed by atoms with E-state index < -0.39 is 0 Å². The number of anilines is 1. The number of nitrogens with zero attached hydrogens (tertiary/aromatic N) is 3. The molecule has 1 saturated heterocycles. The molecule has 0 saturated carbocycles. The predicted octanol–water partition coefficient (Wildman–Crippen LogP) is 2.34. The third kappa shape index (κ3) is 4.88. The zero-order valence-electron chi connectivity index (χ0n) is 17.4. The molecule has 1 aliphatic heterocycles. The molecule has 2 aromatic rings. The molecule has 156 valence electrons. The Morgan fingerprint density at radius 3 is 2.55 bits per heavy atom. The summed E-state index contributed by atoms with van der Waals surface area (Å²) >= 11 is 0. The number of carbonyl (C=O) groups is 1. The van der Waals surface area contributed by atoms with E-state index in [1.165, 1.54) is 0 Å². The molecule has 1 amide bonds. The normalized spacial score (nSPS) is 16.3. The van der Waals surface area contributed by atoms with Gasteiger partial charge in [0, 0.05) is 31.5 Å². The van der Waals surface area contributed by atoms with Gasteiger partial charge in [-0.15, -0.1) is 0 Å². The number of ether oxygens (including phenoxy) is 3. The highest BCUT2D eigenvalue weighted by molar-refractivity contribution is 5.79. The van der Waals surface area contributed by atoms with Crippen LogP contribution < -0.4 is 24.4 Å². The molecule has 0 bridgehead atoms. The van der Waals surface area contributed by atoms with E-state index in [0.29, 0.717) is 36.3 Å². The van der Waals surface area contributed by atoms with E-state index in [9.17, 15) is 4.79 Å². The third-order valence-electron chi connectivity index (χ3n) is 5.05. The number of nitrogens with one attached hydrogen (secondary N) is 1. The van der Waals surface area contributed by atoms with E-state index in [-0.39, 0.29) is 11.8 Å². The third-order valence-corrected chi connectivity index (χ3v) is 5.05. The van der Waals surface area contributed by atoms with E-state index in [4.69, 9.17) is 14.2 Å². The van der Waals surface area contributed by atoms with Crippen LogP contribution in [0.15, 0.2) is 24.4 Å². The molecule has 0 radical (unpaired) electrons. The summed E-state index contributed by atoms with van der Waals surface area (Å²) in [6.45, 7) is 3.80. The fourth-order valence-corrected chi connectivity index (χ4v) is 3.53. The lowest BCUT2D eigenvalue weighted by molar-refractivity contribution is -0.125. The van der Waals surface area contributed by atoms with Gasteiger partial charge in [0.1, 0.15) is 0 Å². The Morgan fingerprint density at radius 1 is 1.21 bits per heavy atom. The molecule has 0 spiro atoms. The van der Waals surface area contributed by atoms with Crippen molar-refractivity contribution in [1.82, 2.24) is 15.3 Å². The fourth-order valence-electron chi connectivity index (χ4n) is 3.53. The molecular formula is C21H28N4O4. The number of amides is 1. The number of hydrogen-bond acceptors (Lipinski definition) is 7. The van der Waals surface area contributed by atoms with E-state index in [1.54, 1.807) is 27.5 Å². The maximum Gasteiger partial charge on any atom is 0.225 e. The first kappa shape index (κ1) is 20.7. The molecule has 2 heterocycles. The first-order valence-corrected chi connectivity index (χ1v) is 9.67. The molecule has 1 aromatic carbocycles. The summed E-state index contributed by atoms with van der Waals surface area (Å²) in [6.07, 6.45) is 3.54. The van der Waals surface area contributed by atoms with Crippen LogP contribution in [-0.4, -0.2) is 50.3 Å². The molecule has 0 aliphatic carbocycles. The van der Waals surface area contributed by atoms with Gasteiger partial charge >= 0.3 is 0 Å². The molecule has 8 nitrogen and oxygen atoms in total. The van der Waals surface area contributed by atoms with Crippen LogP contribution >= 0.6 is 0 Å². The average Bonchev–Trinajstić information content (AvgIpc) is 2.76. The molecule has 3 rings (SSSR count). The molecule has 1 aliphatic rings. The molecule has 1 N–H and O–H groups in total. The van der Waals surface area contributed by atoms with Gasteiger partial charge in [-0.1, -0.05) is 0 Å². The summed E-state index contributed by atoms with van der Waals surface area (Å²) in [5.41, 5.74) is 1.80. The second-order valence-corrected chi connectivity index (χ2v) is 7.03. The average molecular weight is 400 g/mol. The highest BCUT2D eigenvalue weighted by Gasteiger charge is 2.27. The van der Waals surface area contributed by atoms with Crippen LogP contribution in [0, 0.1) is 12.8 Å². The molecule has 1 aromatic heterocycles. The van der Waals surface area contributed by atoms with Gasteiger partial charge in [-0.25, -0.2) is 9.97 Å².